The molecular formula is C44H48N2O14. The fourth-order valence-electron chi connectivity index (χ4n) is 12.5. The van der Waals surface area contributed by atoms with Crippen molar-refractivity contribution in [1.82, 2.24) is 9.80 Å². The van der Waals surface area contributed by atoms with Crippen LogP contribution in [0.5, 0.6) is 23.0 Å². The molecule has 4 aliphatic heterocycles. The number of methoxy groups -OCH3 is 2. The average Bonchev–Trinajstić information content (AvgIpc) is 3.77. The molecule has 4 fully saturated rings. The standard InChI is InChI=1S/C22H25NO7.C22H23NO7/c2*1-23-10-9-21-18-12-3-4-14(28-2)19(18)29-20(21)13(24)7-8-22(21,15(23)11-12)30-17(27)6-5-16(25)26/h3-4,15,20H,5-11H2,1-2H3,(H,25,26);3-6,15,20H,7-11H2,1-2H3,(H,25,26)/b;6-5-/t2*15-,20+,21+,22-/m11/s1. The van der Waals surface area contributed by atoms with Crippen LogP contribution in [-0.2, 0) is 61.9 Å². The highest BCUT2D eigenvalue weighted by Gasteiger charge is 2.77. The van der Waals surface area contributed by atoms with E-state index in [9.17, 15) is 28.8 Å². The van der Waals surface area contributed by atoms with Crippen LogP contribution in [0, 0.1) is 0 Å². The van der Waals surface area contributed by atoms with E-state index in [0.717, 1.165) is 47.5 Å². The summed E-state index contributed by atoms with van der Waals surface area (Å²) in [6.07, 6.45) is 3.58. The second-order valence-electron chi connectivity index (χ2n) is 17.3. The summed E-state index contributed by atoms with van der Waals surface area (Å²) < 4.78 is 35.9. The number of carboxylic acids is 2. The van der Waals surface area contributed by atoms with E-state index >= 15 is 0 Å². The second-order valence-corrected chi connectivity index (χ2v) is 17.3. The number of nitrogens with zero attached hydrogens (tertiary/aromatic N) is 2. The van der Waals surface area contributed by atoms with Gasteiger partial charge in [0.1, 0.15) is 11.2 Å². The number of benzene rings is 2. The Labute approximate surface area is 345 Å². The van der Waals surface area contributed by atoms with E-state index in [1.165, 1.54) is 0 Å². The van der Waals surface area contributed by atoms with Crippen LogP contribution >= 0.6 is 0 Å². The number of aliphatic carboxylic acids is 2. The minimum absolute atomic E-state index is 0.00263. The zero-order valence-corrected chi connectivity index (χ0v) is 33.9. The molecule has 2 saturated carbocycles. The van der Waals surface area contributed by atoms with Gasteiger partial charge in [0.15, 0.2) is 46.8 Å². The number of likely N-dealkylation sites (tertiary alicyclic amines) is 2. The molecule has 8 aliphatic rings. The molecule has 16 heteroatoms. The molecule has 0 amide bonds. The molecule has 4 aliphatic carbocycles. The highest BCUT2D eigenvalue weighted by atomic mass is 16.6. The monoisotopic (exact) mass is 828 g/mol. The number of ether oxygens (including phenoxy) is 6. The number of rotatable bonds is 9. The van der Waals surface area contributed by atoms with Gasteiger partial charge in [-0.1, -0.05) is 12.1 Å². The van der Waals surface area contributed by atoms with Gasteiger partial charge in [0, 0.05) is 36.1 Å². The van der Waals surface area contributed by atoms with Gasteiger partial charge in [0.25, 0.3) is 0 Å². The van der Waals surface area contributed by atoms with Crippen molar-refractivity contribution < 1.29 is 67.4 Å². The van der Waals surface area contributed by atoms with Gasteiger partial charge >= 0.3 is 23.9 Å². The number of carboxylic acid groups (broad SMARTS) is 2. The van der Waals surface area contributed by atoms with Crippen molar-refractivity contribution in [3.05, 3.63) is 58.7 Å². The number of hydrogen-bond donors (Lipinski definition) is 2. The van der Waals surface area contributed by atoms with Gasteiger partial charge in [0.05, 0.1) is 50.0 Å². The molecule has 4 heterocycles. The topological polar surface area (TPSA) is 205 Å². The molecule has 60 heavy (non-hydrogen) atoms. The summed E-state index contributed by atoms with van der Waals surface area (Å²) in [6.45, 7) is 1.49. The Kier molecular flexibility index (Phi) is 9.35. The lowest BCUT2D eigenvalue weighted by Gasteiger charge is -2.63. The summed E-state index contributed by atoms with van der Waals surface area (Å²) in [5, 5.41) is 17.9. The van der Waals surface area contributed by atoms with Crippen LogP contribution in [0.2, 0.25) is 0 Å². The van der Waals surface area contributed by atoms with E-state index in [0.29, 0.717) is 61.5 Å². The van der Waals surface area contributed by atoms with Crippen molar-refractivity contribution in [2.24, 2.45) is 0 Å². The molecule has 0 aromatic heterocycles. The van der Waals surface area contributed by atoms with E-state index in [4.69, 9.17) is 38.6 Å². The van der Waals surface area contributed by atoms with E-state index in [1.54, 1.807) is 14.2 Å². The molecule has 2 aromatic carbocycles. The van der Waals surface area contributed by atoms with Gasteiger partial charge in [-0.25, -0.2) is 9.59 Å². The van der Waals surface area contributed by atoms with Gasteiger partial charge in [-0.05, 0) is 89.0 Å². The van der Waals surface area contributed by atoms with Crippen molar-refractivity contribution in [3.8, 4) is 23.0 Å². The molecule has 2 aromatic rings. The van der Waals surface area contributed by atoms with Crippen molar-refractivity contribution in [2.45, 2.75) is 111 Å². The van der Waals surface area contributed by atoms with Crippen molar-refractivity contribution >= 4 is 35.4 Å². The van der Waals surface area contributed by atoms with Crippen LogP contribution in [0.15, 0.2) is 36.4 Å². The van der Waals surface area contributed by atoms with Crippen LogP contribution in [-0.4, -0.2) is 132 Å². The maximum atomic E-state index is 13.0. The highest BCUT2D eigenvalue weighted by molar-refractivity contribution is 5.93. The van der Waals surface area contributed by atoms with Crippen LogP contribution in [0.1, 0.15) is 73.6 Å². The number of hydrogen-bond acceptors (Lipinski definition) is 14. The molecule has 2 spiro atoms. The quantitative estimate of drug-likeness (QED) is 0.276. The highest BCUT2D eigenvalue weighted by Crippen LogP contribution is 2.67. The van der Waals surface area contributed by atoms with E-state index < -0.39 is 58.1 Å². The zero-order chi connectivity index (χ0) is 42.5. The minimum atomic E-state index is -1.22. The Morgan fingerprint density at radius 1 is 0.717 bits per heavy atom. The maximum Gasteiger partial charge on any atom is 0.331 e. The molecule has 4 bridgehead atoms. The third-order valence-electron chi connectivity index (χ3n) is 14.9. The van der Waals surface area contributed by atoms with Gasteiger partial charge in [0.2, 0.25) is 0 Å². The first-order chi connectivity index (χ1) is 28.7. The second kappa shape index (κ2) is 14.0. The Bertz CT molecular complexity index is 2270. The third kappa shape index (κ3) is 5.28. The summed E-state index contributed by atoms with van der Waals surface area (Å²) in [5.74, 6) is -1.20. The fraction of sp³-hybridized carbons (Fsp3) is 0.545. The summed E-state index contributed by atoms with van der Waals surface area (Å²) in [7, 11) is 7.15. The molecule has 10 rings (SSSR count). The number of likely N-dealkylation sites (N-methyl/N-ethyl adjacent to an activating group) is 2. The summed E-state index contributed by atoms with van der Waals surface area (Å²) >= 11 is 0. The first-order valence-electron chi connectivity index (χ1n) is 20.5. The van der Waals surface area contributed by atoms with Crippen molar-refractivity contribution in [2.75, 3.05) is 41.4 Å². The van der Waals surface area contributed by atoms with Gasteiger partial charge in [-0.3, -0.25) is 29.0 Å². The van der Waals surface area contributed by atoms with Crippen LogP contribution < -0.4 is 18.9 Å². The molecule has 8 atom stereocenters. The normalized spacial score (nSPS) is 33.6. The molecule has 2 N–H and O–H groups in total. The number of ketones is 2. The Hall–Kier alpha value is -5.48. The van der Waals surface area contributed by atoms with Crippen molar-refractivity contribution in [3.63, 3.8) is 0 Å². The number of carbonyl (C=O) groups is 6. The number of esters is 2. The van der Waals surface area contributed by atoms with E-state index in [2.05, 4.69) is 9.80 Å². The fourth-order valence-corrected chi connectivity index (χ4v) is 12.5. The summed E-state index contributed by atoms with van der Waals surface area (Å²) in [6, 6.07) is 7.51. The average molecular weight is 829 g/mol. The minimum Gasteiger partial charge on any atom is -0.493 e. The third-order valence-corrected chi connectivity index (χ3v) is 14.9. The molecule has 0 radical (unpaired) electrons. The molecule has 0 unspecified atom stereocenters. The van der Waals surface area contributed by atoms with Gasteiger partial charge < -0.3 is 38.6 Å². The maximum absolute atomic E-state index is 13.0. The molecule has 318 valence electrons. The smallest absolute Gasteiger partial charge is 0.331 e. The Morgan fingerprint density at radius 3 is 1.65 bits per heavy atom. The lowest BCUT2D eigenvalue weighted by atomic mass is 9.49. The molecule has 2 saturated heterocycles. The molecule has 16 nitrogen and oxygen atoms in total. The number of Topliss-reactive ketones (excluding diaryl/α,β-unsaturated/α-hetero) is 2. The lowest BCUT2D eigenvalue weighted by Crippen LogP contribution is -2.77. The van der Waals surface area contributed by atoms with E-state index in [1.807, 2.05) is 38.4 Å². The van der Waals surface area contributed by atoms with E-state index in [-0.39, 0.29) is 49.3 Å². The predicted molar refractivity (Wildman–Crippen MR) is 207 cm³/mol. The van der Waals surface area contributed by atoms with Crippen LogP contribution in [0.4, 0.5) is 0 Å². The Balaban J connectivity index is 0.000000154. The van der Waals surface area contributed by atoms with Gasteiger partial charge in [-0.2, -0.15) is 0 Å². The van der Waals surface area contributed by atoms with Crippen molar-refractivity contribution in [1.29, 1.82) is 0 Å². The predicted octanol–water partition coefficient (Wildman–Crippen LogP) is 2.70. The largest absolute Gasteiger partial charge is 0.493 e. The first kappa shape index (κ1) is 40.0. The SMILES string of the molecule is COc1ccc2c3c1O[C@H]1C(=O)CC[C@@]4(OC(=O)/C=C\C(=O)O)[C@@H](C2)N(C)CC[C@]314.COc1ccc2c3c1O[C@H]1C(=O)CC[C@@]4(OC(=O)CCC(=O)O)[C@@H](C2)N(C)CC[C@]314. The van der Waals surface area contributed by atoms with Crippen LogP contribution in [0.25, 0.3) is 0 Å². The zero-order valence-electron chi connectivity index (χ0n) is 33.9. The number of piperidine rings is 2. The van der Waals surface area contributed by atoms with Gasteiger partial charge in [-0.15, -0.1) is 0 Å². The Morgan fingerprint density at radius 2 is 1.20 bits per heavy atom. The lowest BCUT2D eigenvalue weighted by molar-refractivity contribution is -0.213. The number of carbonyl (C=O) groups excluding carboxylic acids is 4. The first-order valence-corrected chi connectivity index (χ1v) is 20.5. The summed E-state index contributed by atoms with van der Waals surface area (Å²) in [5.41, 5.74) is 0.542. The van der Waals surface area contributed by atoms with Crippen LogP contribution in [0.3, 0.4) is 0 Å². The summed E-state index contributed by atoms with van der Waals surface area (Å²) in [4.78, 5) is 77.8. The molecular weight excluding hydrogens is 780 g/mol.